The van der Waals surface area contributed by atoms with E-state index in [-0.39, 0.29) is 30.3 Å². The van der Waals surface area contributed by atoms with Crippen molar-refractivity contribution < 1.29 is 36.6 Å². The highest BCUT2D eigenvalue weighted by Gasteiger charge is 2.79. The van der Waals surface area contributed by atoms with Crippen LogP contribution in [-0.4, -0.2) is 34.4 Å². The molecule has 5 rings (SSSR count). The van der Waals surface area contributed by atoms with Crippen LogP contribution in [-0.2, 0) is 4.79 Å². The first-order valence-electron chi connectivity index (χ1n) is 12.5. The summed E-state index contributed by atoms with van der Waals surface area (Å²) in [7, 11) is 0. The molecule has 4 aliphatic carbocycles. The van der Waals surface area contributed by atoms with Crippen LogP contribution in [0, 0.1) is 17.3 Å². The largest absolute Gasteiger partial charge is 0.456 e. The second-order valence-corrected chi connectivity index (χ2v) is 11.1. The summed E-state index contributed by atoms with van der Waals surface area (Å²) >= 11 is 0. The predicted octanol–water partition coefficient (Wildman–Crippen LogP) is 6.72. The maximum absolute atomic E-state index is 15.0. The van der Waals surface area contributed by atoms with Crippen molar-refractivity contribution in [3.63, 3.8) is 0 Å². The van der Waals surface area contributed by atoms with Gasteiger partial charge in [0.15, 0.2) is 11.6 Å². The lowest BCUT2D eigenvalue weighted by atomic mass is 9.50. The van der Waals surface area contributed by atoms with Crippen LogP contribution in [0.3, 0.4) is 0 Å². The zero-order valence-electron chi connectivity index (χ0n) is 20.2. The molecule has 194 valence electrons. The molecular weight excluding hydrogens is 479 g/mol. The Morgan fingerprint density at radius 3 is 2.31 bits per heavy atom. The lowest BCUT2D eigenvalue weighted by Crippen LogP contribution is -2.65. The molecule has 8 heteroatoms. The van der Waals surface area contributed by atoms with Gasteiger partial charge in [0, 0.05) is 23.3 Å². The number of allylic oxidation sites excluding steroid dienone is 4. The lowest BCUT2D eigenvalue weighted by Gasteiger charge is -2.56. The van der Waals surface area contributed by atoms with Gasteiger partial charge in [-0.05, 0) is 80.1 Å². The number of carbonyl (C=O) groups excluding carboxylic acids is 2. The van der Waals surface area contributed by atoms with Gasteiger partial charge in [-0.3, -0.25) is 9.59 Å². The first kappa shape index (κ1) is 25.3. The van der Waals surface area contributed by atoms with Gasteiger partial charge in [0.2, 0.25) is 0 Å². The molecule has 36 heavy (non-hydrogen) atoms. The monoisotopic (exact) mass is 508 g/mol. The number of carbonyl (C=O) groups is 2. The molecule has 0 aromatic heterocycles. The van der Waals surface area contributed by atoms with Crippen molar-refractivity contribution in [3.8, 4) is 0 Å². The molecule has 1 N–H and O–H groups in total. The van der Waals surface area contributed by atoms with Crippen molar-refractivity contribution in [3.05, 3.63) is 58.2 Å². The highest BCUT2D eigenvalue weighted by Crippen LogP contribution is 2.70. The number of hydrogen-bond acceptors (Lipinski definition) is 3. The number of ketones is 2. The number of hydrogen-bond donors (Lipinski definition) is 1. The van der Waals surface area contributed by atoms with E-state index in [2.05, 4.69) is 0 Å². The maximum atomic E-state index is 15.0. The molecule has 4 unspecified atom stereocenters. The Bertz CT molecular complexity index is 1180. The van der Waals surface area contributed by atoms with Gasteiger partial charge in [-0.15, -0.1) is 0 Å². The number of alkyl halides is 5. The number of rotatable bonds is 3. The first-order chi connectivity index (χ1) is 16.7. The lowest BCUT2D eigenvalue weighted by molar-refractivity contribution is -0.362. The molecule has 0 saturated heterocycles. The van der Waals surface area contributed by atoms with E-state index in [0.29, 0.717) is 31.2 Å². The zero-order valence-corrected chi connectivity index (χ0v) is 20.2. The Labute approximate surface area is 206 Å². The van der Waals surface area contributed by atoms with Crippen molar-refractivity contribution in [2.75, 3.05) is 0 Å². The van der Waals surface area contributed by atoms with Gasteiger partial charge in [-0.1, -0.05) is 36.8 Å². The van der Waals surface area contributed by atoms with Gasteiger partial charge >= 0.3 is 12.1 Å². The third kappa shape index (κ3) is 3.39. The third-order valence-electron chi connectivity index (χ3n) is 9.48. The number of Topliss-reactive ketones (excluding diaryl/α,β-unsaturated/α-hetero) is 1. The summed E-state index contributed by atoms with van der Waals surface area (Å²) in [5.74, 6) is -6.66. The van der Waals surface area contributed by atoms with Crippen LogP contribution in [0.2, 0.25) is 0 Å². The molecule has 1 aromatic rings. The highest BCUT2D eigenvalue weighted by atomic mass is 19.4. The number of aliphatic hydroxyl groups is 1. The number of benzene rings is 1. The molecule has 0 bridgehead atoms. The molecule has 0 radical (unpaired) electrons. The standard InChI is InChI=1S/C28H29F5O3/c1-15(34)16-3-5-17(6-4-16)22-14-25(2)23(11-12-26(25,36)27(29,30)28(31,32)33)21-9-7-18-13-19(35)8-10-20(18)24(21)22/h3-6,13,21-23,36H,7-12,14H2,1-2H3/t21?,22?,23?,25?,26-/m0/s1. The summed E-state index contributed by atoms with van der Waals surface area (Å²) in [5, 5.41) is 11.3. The number of halogens is 5. The molecular formula is C28H29F5O3. The van der Waals surface area contributed by atoms with E-state index in [1.54, 1.807) is 30.3 Å². The first-order valence-corrected chi connectivity index (χ1v) is 12.5. The van der Waals surface area contributed by atoms with Crippen LogP contribution >= 0.6 is 0 Å². The van der Waals surface area contributed by atoms with Gasteiger partial charge < -0.3 is 5.11 Å². The summed E-state index contributed by atoms with van der Waals surface area (Å²) in [5.41, 5.74) is -0.758. The second-order valence-electron chi connectivity index (χ2n) is 11.1. The summed E-state index contributed by atoms with van der Waals surface area (Å²) in [6, 6.07) is 6.75. The topological polar surface area (TPSA) is 54.4 Å². The SMILES string of the molecule is CC(=O)c1ccc(C2CC3(C)C(CC[C@@]3(O)C(F)(F)C(F)(F)F)C3CCC4=CC(=O)CCC4=C23)cc1. The number of fused-ring (bicyclic) bond motifs is 4. The molecule has 0 amide bonds. The molecule has 3 nitrogen and oxygen atoms in total. The molecule has 2 fully saturated rings. The predicted molar refractivity (Wildman–Crippen MR) is 123 cm³/mol. The van der Waals surface area contributed by atoms with Crippen LogP contribution in [0.1, 0.15) is 80.6 Å². The fourth-order valence-electron chi connectivity index (χ4n) is 7.66. The fourth-order valence-corrected chi connectivity index (χ4v) is 7.66. The van der Waals surface area contributed by atoms with Crippen molar-refractivity contribution in [1.82, 2.24) is 0 Å². The summed E-state index contributed by atoms with van der Waals surface area (Å²) in [4.78, 5) is 23.9. The molecule has 0 heterocycles. The summed E-state index contributed by atoms with van der Waals surface area (Å²) in [6.45, 7) is 2.83. The van der Waals surface area contributed by atoms with Crippen LogP contribution in [0.15, 0.2) is 47.1 Å². The average Bonchev–Trinajstić information content (AvgIpc) is 3.09. The van der Waals surface area contributed by atoms with E-state index in [1.165, 1.54) is 13.8 Å². The van der Waals surface area contributed by atoms with E-state index < -0.39 is 41.4 Å². The fraction of sp³-hybridized carbons (Fsp3) is 0.571. The smallest absolute Gasteiger partial charge is 0.383 e. The summed E-state index contributed by atoms with van der Waals surface area (Å²) < 4.78 is 70.7. The average molecular weight is 509 g/mol. The minimum Gasteiger partial charge on any atom is -0.383 e. The Morgan fingerprint density at radius 2 is 1.69 bits per heavy atom. The molecule has 1 aromatic carbocycles. The normalized spacial score (nSPS) is 34.6. The van der Waals surface area contributed by atoms with Gasteiger partial charge in [-0.2, -0.15) is 22.0 Å². The maximum Gasteiger partial charge on any atom is 0.456 e. The third-order valence-corrected chi connectivity index (χ3v) is 9.48. The summed E-state index contributed by atoms with van der Waals surface area (Å²) in [6.07, 6.45) is -2.90. The zero-order chi connectivity index (χ0) is 26.3. The second kappa shape index (κ2) is 8.07. The molecule has 0 spiro atoms. The Balaban J connectivity index is 1.69. The quantitative estimate of drug-likeness (QED) is 0.364. The van der Waals surface area contributed by atoms with Crippen LogP contribution in [0.4, 0.5) is 22.0 Å². The van der Waals surface area contributed by atoms with Gasteiger partial charge in [0.05, 0.1) is 0 Å². The van der Waals surface area contributed by atoms with Gasteiger partial charge in [0.1, 0.15) is 5.60 Å². The van der Waals surface area contributed by atoms with Gasteiger partial charge in [0.25, 0.3) is 0 Å². The highest BCUT2D eigenvalue weighted by molar-refractivity contribution is 5.94. The van der Waals surface area contributed by atoms with Crippen molar-refractivity contribution >= 4 is 11.6 Å². The molecule has 5 atom stereocenters. The molecule has 4 aliphatic rings. The minimum absolute atomic E-state index is 0.0378. The van der Waals surface area contributed by atoms with Crippen LogP contribution in [0.5, 0.6) is 0 Å². The van der Waals surface area contributed by atoms with E-state index in [1.807, 2.05) is 0 Å². The van der Waals surface area contributed by atoms with E-state index in [0.717, 1.165) is 22.3 Å². The molecule has 2 saturated carbocycles. The van der Waals surface area contributed by atoms with E-state index in [4.69, 9.17) is 0 Å². The van der Waals surface area contributed by atoms with Crippen LogP contribution in [0.25, 0.3) is 0 Å². The van der Waals surface area contributed by atoms with Crippen LogP contribution < -0.4 is 0 Å². The molecule has 0 aliphatic heterocycles. The van der Waals surface area contributed by atoms with Crippen molar-refractivity contribution in [1.29, 1.82) is 0 Å². The van der Waals surface area contributed by atoms with Crippen molar-refractivity contribution in [2.45, 2.75) is 82.4 Å². The van der Waals surface area contributed by atoms with Gasteiger partial charge in [-0.25, -0.2) is 0 Å². The van der Waals surface area contributed by atoms with E-state index >= 15 is 0 Å². The Morgan fingerprint density at radius 1 is 1.03 bits per heavy atom. The Hall–Kier alpha value is -2.35. The minimum atomic E-state index is -5.87. The van der Waals surface area contributed by atoms with Crippen molar-refractivity contribution in [2.24, 2.45) is 17.3 Å². The Kier molecular flexibility index (Phi) is 5.67. The van der Waals surface area contributed by atoms with E-state index in [9.17, 15) is 36.6 Å².